The number of piperidine rings is 1. The van der Waals surface area contributed by atoms with Gasteiger partial charge in [-0.25, -0.2) is 0 Å². The Morgan fingerprint density at radius 1 is 1.17 bits per heavy atom. The monoisotopic (exact) mass is 437 g/mol. The van der Waals surface area contributed by atoms with Crippen LogP contribution in [0.4, 0.5) is 13.2 Å². The molecule has 1 saturated heterocycles. The van der Waals surface area contributed by atoms with Crippen molar-refractivity contribution < 1.29 is 22.8 Å². The fraction of sp³-hybridized carbons (Fsp3) is 0.368. The number of thiophene rings is 1. The fourth-order valence-electron chi connectivity index (χ4n) is 3.44. The molecule has 3 aromatic rings. The topological polar surface area (TPSA) is 79.6 Å². The second-order valence-electron chi connectivity index (χ2n) is 7.02. The molecular weight excluding hydrogens is 419 g/mol. The zero-order valence-corrected chi connectivity index (χ0v) is 16.5. The second-order valence-corrected chi connectivity index (χ2v) is 7.97. The summed E-state index contributed by atoms with van der Waals surface area (Å²) in [6.07, 6.45) is -2.50. The number of hydrogen-bond donors (Lipinski definition) is 1. The van der Waals surface area contributed by atoms with Crippen LogP contribution in [0.3, 0.4) is 0 Å². The number of likely N-dealkylation sites (tertiary alicyclic amines) is 1. The van der Waals surface area contributed by atoms with Gasteiger partial charge < -0.3 is 10.2 Å². The third-order valence-electron chi connectivity index (χ3n) is 5.11. The lowest BCUT2D eigenvalue weighted by Gasteiger charge is -2.31. The molecule has 4 rings (SSSR count). The Labute approximate surface area is 173 Å². The molecule has 2 amide bonds. The molecule has 0 unspecified atom stereocenters. The highest BCUT2D eigenvalue weighted by molar-refractivity contribution is 7.12. The molecule has 0 aromatic carbocycles. The Morgan fingerprint density at radius 3 is 2.60 bits per heavy atom. The number of hydrogen-bond acceptors (Lipinski definition) is 5. The zero-order chi connectivity index (χ0) is 21.3. The molecule has 1 aliphatic heterocycles. The van der Waals surface area contributed by atoms with E-state index in [-0.39, 0.29) is 35.7 Å². The van der Waals surface area contributed by atoms with Gasteiger partial charge in [-0.3, -0.25) is 14.0 Å². The van der Waals surface area contributed by atoms with Crippen LogP contribution in [0.1, 0.15) is 33.9 Å². The van der Waals surface area contributed by atoms with Crippen molar-refractivity contribution in [2.24, 2.45) is 5.92 Å². The molecule has 1 fully saturated rings. The number of alkyl halides is 3. The van der Waals surface area contributed by atoms with E-state index >= 15 is 0 Å². The van der Waals surface area contributed by atoms with E-state index < -0.39 is 11.7 Å². The Kier molecular flexibility index (Phi) is 5.46. The van der Waals surface area contributed by atoms with Gasteiger partial charge >= 0.3 is 6.18 Å². The Bertz CT molecular complexity index is 1060. The molecule has 1 aliphatic rings. The molecule has 11 heteroatoms. The molecule has 0 aliphatic carbocycles. The van der Waals surface area contributed by atoms with Crippen LogP contribution in [0, 0.1) is 5.92 Å². The molecule has 0 radical (unpaired) electrons. The summed E-state index contributed by atoms with van der Waals surface area (Å²) in [5, 5.41) is 12.3. The number of halogens is 3. The predicted molar refractivity (Wildman–Crippen MR) is 103 cm³/mol. The number of nitrogens with zero attached hydrogens (tertiary/aromatic N) is 4. The maximum Gasteiger partial charge on any atom is 0.417 e. The van der Waals surface area contributed by atoms with Gasteiger partial charge in [-0.15, -0.1) is 21.5 Å². The smallest absolute Gasteiger partial charge is 0.349 e. The summed E-state index contributed by atoms with van der Waals surface area (Å²) in [6.45, 7) is 0.935. The first-order valence-corrected chi connectivity index (χ1v) is 10.2. The number of carbonyl (C=O) groups excluding carboxylic acids is 2. The van der Waals surface area contributed by atoms with Crippen molar-refractivity contribution in [3.8, 4) is 0 Å². The summed E-state index contributed by atoms with van der Waals surface area (Å²) in [7, 11) is 0. The van der Waals surface area contributed by atoms with Crippen LogP contribution in [0.25, 0.3) is 5.65 Å². The second kappa shape index (κ2) is 8.05. The molecule has 30 heavy (non-hydrogen) atoms. The van der Waals surface area contributed by atoms with E-state index in [9.17, 15) is 22.8 Å². The standard InChI is InChI=1S/C19H18F3N5O2S/c20-19(21,22)13-3-4-15-24-25-16(27(15)11-13)10-23-17(28)12-5-7-26(8-6-12)18(29)14-2-1-9-30-14/h1-4,9,11-12H,5-8,10H2,(H,23,28). The quantitative estimate of drug-likeness (QED) is 0.681. The summed E-state index contributed by atoms with van der Waals surface area (Å²) in [4.78, 5) is 27.3. The highest BCUT2D eigenvalue weighted by atomic mass is 32.1. The third kappa shape index (κ3) is 4.16. The molecule has 3 aromatic heterocycles. The number of rotatable bonds is 4. The van der Waals surface area contributed by atoms with E-state index in [4.69, 9.17) is 0 Å². The van der Waals surface area contributed by atoms with Gasteiger partial charge in [0.1, 0.15) is 0 Å². The van der Waals surface area contributed by atoms with E-state index in [2.05, 4.69) is 15.5 Å². The molecular formula is C19H18F3N5O2S. The van der Waals surface area contributed by atoms with Gasteiger partial charge in [-0.2, -0.15) is 13.2 Å². The highest BCUT2D eigenvalue weighted by Gasteiger charge is 2.31. The first-order chi connectivity index (χ1) is 14.3. The van der Waals surface area contributed by atoms with Gasteiger partial charge in [0.05, 0.1) is 17.0 Å². The molecule has 1 N–H and O–H groups in total. The van der Waals surface area contributed by atoms with Crippen LogP contribution in [-0.2, 0) is 17.5 Å². The molecule has 0 bridgehead atoms. The first-order valence-electron chi connectivity index (χ1n) is 9.34. The lowest BCUT2D eigenvalue weighted by atomic mass is 9.96. The summed E-state index contributed by atoms with van der Waals surface area (Å²) in [5.41, 5.74) is -0.544. The number of fused-ring (bicyclic) bond motifs is 1. The maximum atomic E-state index is 12.9. The average molecular weight is 437 g/mol. The SMILES string of the molecule is O=C(NCc1nnc2ccc(C(F)(F)F)cn12)C1CCN(C(=O)c2cccs2)CC1. The maximum absolute atomic E-state index is 12.9. The molecule has 158 valence electrons. The lowest BCUT2D eigenvalue weighted by Crippen LogP contribution is -2.42. The normalized spacial score (nSPS) is 15.5. The molecule has 0 spiro atoms. The summed E-state index contributed by atoms with van der Waals surface area (Å²) in [6, 6.07) is 5.78. The van der Waals surface area contributed by atoms with Crippen molar-refractivity contribution in [2.75, 3.05) is 13.1 Å². The van der Waals surface area contributed by atoms with Gasteiger partial charge in [-0.1, -0.05) is 6.07 Å². The summed E-state index contributed by atoms with van der Waals surface area (Å²) < 4.78 is 40.0. The van der Waals surface area contributed by atoms with Gasteiger partial charge in [0, 0.05) is 25.2 Å². The zero-order valence-electron chi connectivity index (χ0n) is 15.7. The van der Waals surface area contributed by atoms with Crippen LogP contribution in [-0.4, -0.2) is 44.4 Å². The number of carbonyl (C=O) groups is 2. The minimum absolute atomic E-state index is 0.0285. The number of amides is 2. The van der Waals surface area contributed by atoms with Gasteiger partial charge in [0.25, 0.3) is 5.91 Å². The summed E-state index contributed by atoms with van der Waals surface area (Å²) >= 11 is 1.39. The van der Waals surface area contributed by atoms with Crippen LogP contribution < -0.4 is 5.32 Å². The number of pyridine rings is 1. The van der Waals surface area contributed by atoms with Crippen molar-refractivity contribution in [1.82, 2.24) is 24.8 Å². The fourth-order valence-corrected chi connectivity index (χ4v) is 4.13. The van der Waals surface area contributed by atoms with Crippen molar-refractivity contribution in [1.29, 1.82) is 0 Å². The largest absolute Gasteiger partial charge is 0.417 e. The average Bonchev–Trinajstić information content (AvgIpc) is 3.40. The molecule has 7 nitrogen and oxygen atoms in total. The van der Waals surface area contributed by atoms with Crippen molar-refractivity contribution >= 4 is 28.8 Å². The number of nitrogens with one attached hydrogen (secondary N) is 1. The van der Waals surface area contributed by atoms with Crippen LogP contribution in [0.2, 0.25) is 0 Å². The van der Waals surface area contributed by atoms with Crippen LogP contribution in [0.5, 0.6) is 0 Å². The van der Waals surface area contributed by atoms with E-state index in [1.54, 1.807) is 11.0 Å². The van der Waals surface area contributed by atoms with Gasteiger partial charge in [0.15, 0.2) is 11.5 Å². The van der Waals surface area contributed by atoms with E-state index in [0.29, 0.717) is 30.8 Å². The van der Waals surface area contributed by atoms with Crippen LogP contribution in [0.15, 0.2) is 35.8 Å². The highest BCUT2D eigenvalue weighted by Crippen LogP contribution is 2.29. The first kappa shape index (κ1) is 20.3. The minimum Gasteiger partial charge on any atom is -0.349 e. The van der Waals surface area contributed by atoms with E-state index in [1.165, 1.54) is 21.8 Å². The van der Waals surface area contributed by atoms with Crippen LogP contribution >= 0.6 is 11.3 Å². The van der Waals surface area contributed by atoms with E-state index in [1.807, 2.05) is 11.4 Å². The van der Waals surface area contributed by atoms with Crippen molar-refractivity contribution in [3.05, 3.63) is 52.1 Å². The van der Waals surface area contributed by atoms with E-state index in [0.717, 1.165) is 12.3 Å². The minimum atomic E-state index is -4.48. The Morgan fingerprint density at radius 2 is 1.93 bits per heavy atom. The van der Waals surface area contributed by atoms with Gasteiger partial charge in [-0.05, 0) is 36.4 Å². The molecule has 0 atom stereocenters. The Hall–Kier alpha value is -2.95. The summed E-state index contributed by atoms with van der Waals surface area (Å²) in [5.74, 6) is -0.279. The predicted octanol–water partition coefficient (Wildman–Crippen LogP) is 2.98. The Balaban J connectivity index is 1.35. The molecule has 0 saturated carbocycles. The lowest BCUT2D eigenvalue weighted by molar-refractivity contribution is -0.138. The van der Waals surface area contributed by atoms with Crippen molar-refractivity contribution in [2.45, 2.75) is 25.6 Å². The number of aromatic nitrogens is 3. The molecule has 4 heterocycles. The third-order valence-corrected chi connectivity index (χ3v) is 5.96. The van der Waals surface area contributed by atoms with Gasteiger partial charge in [0.2, 0.25) is 5.91 Å². The van der Waals surface area contributed by atoms with Crippen molar-refractivity contribution in [3.63, 3.8) is 0 Å².